The summed E-state index contributed by atoms with van der Waals surface area (Å²) in [5.74, 6) is 0.657. The van der Waals surface area contributed by atoms with Gasteiger partial charge >= 0.3 is 0 Å². The van der Waals surface area contributed by atoms with Crippen molar-refractivity contribution in [3.8, 4) is 0 Å². The maximum atomic E-state index is 5.93. The second-order valence-electron chi connectivity index (χ2n) is 4.30. The Hall–Kier alpha value is -1.25. The van der Waals surface area contributed by atoms with Crippen molar-refractivity contribution in [1.29, 1.82) is 0 Å². The summed E-state index contributed by atoms with van der Waals surface area (Å²) in [6.45, 7) is 4.50. The molecule has 2 unspecified atom stereocenters. The van der Waals surface area contributed by atoms with Crippen LogP contribution >= 0.6 is 0 Å². The number of anilines is 2. The average Bonchev–Trinajstić information content (AvgIpc) is 2.60. The molecule has 1 aliphatic heterocycles. The number of nitrogen functional groups attached to an aromatic ring is 1. The van der Waals surface area contributed by atoms with Gasteiger partial charge in [0.1, 0.15) is 5.82 Å². The predicted molar refractivity (Wildman–Crippen MR) is 63.9 cm³/mol. The molecule has 0 bridgehead atoms. The second-order valence-corrected chi connectivity index (χ2v) is 4.30. The summed E-state index contributed by atoms with van der Waals surface area (Å²) in [6.07, 6.45) is 5.46. The summed E-state index contributed by atoms with van der Waals surface area (Å²) < 4.78 is 0. The van der Waals surface area contributed by atoms with Crippen molar-refractivity contribution in [2.24, 2.45) is 0 Å². The van der Waals surface area contributed by atoms with Crippen LogP contribution in [0.25, 0.3) is 0 Å². The number of hydrogen-bond donors (Lipinski definition) is 1. The molecule has 15 heavy (non-hydrogen) atoms. The number of hydrogen-bond acceptors (Lipinski definition) is 3. The molecule has 2 N–H and O–H groups in total. The van der Waals surface area contributed by atoms with Crippen LogP contribution < -0.4 is 10.6 Å². The lowest BCUT2D eigenvalue weighted by Crippen LogP contribution is -2.34. The smallest absolute Gasteiger partial charge is 0.146 e. The van der Waals surface area contributed by atoms with Gasteiger partial charge in [-0.2, -0.15) is 0 Å². The Balaban J connectivity index is 2.32. The Bertz CT molecular complexity index is 337. The van der Waals surface area contributed by atoms with Gasteiger partial charge in [-0.25, -0.2) is 4.98 Å². The van der Waals surface area contributed by atoms with Gasteiger partial charge in [0, 0.05) is 18.3 Å². The van der Waals surface area contributed by atoms with Gasteiger partial charge in [0.2, 0.25) is 0 Å². The average molecular weight is 205 g/mol. The van der Waals surface area contributed by atoms with Gasteiger partial charge in [-0.3, -0.25) is 0 Å². The number of rotatable bonds is 2. The van der Waals surface area contributed by atoms with Gasteiger partial charge in [-0.05, 0) is 38.3 Å². The molecule has 3 nitrogen and oxygen atoms in total. The maximum absolute atomic E-state index is 5.93. The van der Waals surface area contributed by atoms with E-state index in [1.54, 1.807) is 6.20 Å². The molecule has 2 heterocycles. The van der Waals surface area contributed by atoms with Crippen molar-refractivity contribution < 1.29 is 0 Å². The first kappa shape index (κ1) is 10.3. The van der Waals surface area contributed by atoms with Crippen LogP contribution in [0.4, 0.5) is 11.5 Å². The molecule has 0 saturated carbocycles. The fourth-order valence-corrected chi connectivity index (χ4v) is 2.53. The van der Waals surface area contributed by atoms with Crippen molar-refractivity contribution in [3.05, 3.63) is 18.3 Å². The van der Waals surface area contributed by atoms with Crippen molar-refractivity contribution >= 4 is 11.5 Å². The molecular weight excluding hydrogens is 186 g/mol. The standard InChI is InChI=1S/C12H19N3/c1-3-10-7-6-9(2)15(10)11-5-4-8-14-12(11)13/h4-5,8-10H,3,6-7H2,1-2H3,(H2,13,14). The number of aromatic nitrogens is 1. The lowest BCUT2D eigenvalue weighted by Gasteiger charge is -2.30. The lowest BCUT2D eigenvalue weighted by atomic mass is 10.1. The molecule has 0 aromatic carbocycles. The first-order valence-corrected chi connectivity index (χ1v) is 5.73. The Kier molecular flexibility index (Phi) is 2.80. The van der Waals surface area contributed by atoms with Crippen molar-refractivity contribution in [2.75, 3.05) is 10.6 Å². The predicted octanol–water partition coefficient (Wildman–Crippen LogP) is 2.43. The zero-order chi connectivity index (χ0) is 10.8. The normalized spacial score (nSPS) is 25.9. The molecule has 1 aromatic rings. The Labute approximate surface area is 91.3 Å². The third kappa shape index (κ3) is 1.78. The molecule has 1 fully saturated rings. The summed E-state index contributed by atoms with van der Waals surface area (Å²) in [6, 6.07) is 5.25. The van der Waals surface area contributed by atoms with Gasteiger partial charge < -0.3 is 10.6 Å². The fraction of sp³-hybridized carbons (Fsp3) is 0.583. The van der Waals surface area contributed by atoms with Crippen LogP contribution in [0.1, 0.15) is 33.1 Å². The molecule has 1 aromatic heterocycles. The van der Waals surface area contributed by atoms with E-state index in [9.17, 15) is 0 Å². The maximum Gasteiger partial charge on any atom is 0.146 e. The zero-order valence-corrected chi connectivity index (χ0v) is 9.48. The van der Waals surface area contributed by atoms with Crippen LogP contribution in [0.5, 0.6) is 0 Å². The summed E-state index contributed by atoms with van der Waals surface area (Å²) in [7, 11) is 0. The molecule has 2 rings (SSSR count). The van der Waals surface area contributed by atoms with E-state index < -0.39 is 0 Å². The summed E-state index contributed by atoms with van der Waals surface area (Å²) >= 11 is 0. The monoisotopic (exact) mass is 205 g/mol. The quantitative estimate of drug-likeness (QED) is 0.806. The van der Waals surface area contributed by atoms with Crippen molar-refractivity contribution in [3.63, 3.8) is 0 Å². The van der Waals surface area contributed by atoms with Crippen LogP contribution in [0, 0.1) is 0 Å². The second kappa shape index (κ2) is 4.09. The minimum absolute atomic E-state index is 0.585. The van der Waals surface area contributed by atoms with E-state index in [0.717, 1.165) is 5.69 Å². The van der Waals surface area contributed by atoms with Gasteiger partial charge in [0.05, 0.1) is 5.69 Å². The highest BCUT2D eigenvalue weighted by atomic mass is 15.2. The van der Waals surface area contributed by atoms with Gasteiger partial charge in [-0.1, -0.05) is 6.92 Å². The zero-order valence-electron chi connectivity index (χ0n) is 9.48. The van der Waals surface area contributed by atoms with Crippen LogP contribution in [-0.4, -0.2) is 17.1 Å². The minimum atomic E-state index is 0.585. The third-order valence-electron chi connectivity index (χ3n) is 3.35. The van der Waals surface area contributed by atoms with E-state index >= 15 is 0 Å². The number of nitrogens with zero attached hydrogens (tertiary/aromatic N) is 2. The number of pyridine rings is 1. The first-order chi connectivity index (χ1) is 7.24. The van der Waals surface area contributed by atoms with E-state index in [4.69, 9.17) is 5.73 Å². The minimum Gasteiger partial charge on any atom is -0.382 e. The highest BCUT2D eigenvalue weighted by molar-refractivity contribution is 5.64. The fourth-order valence-electron chi connectivity index (χ4n) is 2.53. The molecule has 0 radical (unpaired) electrons. The summed E-state index contributed by atoms with van der Waals surface area (Å²) in [5.41, 5.74) is 7.03. The highest BCUT2D eigenvalue weighted by Crippen LogP contribution is 2.34. The largest absolute Gasteiger partial charge is 0.382 e. The Morgan fingerprint density at radius 3 is 3.00 bits per heavy atom. The molecular formula is C12H19N3. The van der Waals surface area contributed by atoms with E-state index in [-0.39, 0.29) is 0 Å². The molecule has 2 atom stereocenters. The molecule has 0 amide bonds. The van der Waals surface area contributed by atoms with Crippen LogP contribution in [0.15, 0.2) is 18.3 Å². The van der Waals surface area contributed by atoms with E-state index in [0.29, 0.717) is 17.9 Å². The summed E-state index contributed by atoms with van der Waals surface area (Å²) in [4.78, 5) is 6.60. The van der Waals surface area contributed by atoms with Crippen molar-refractivity contribution in [1.82, 2.24) is 4.98 Å². The number of nitrogens with two attached hydrogens (primary N) is 1. The lowest BCUT2D eigenvalue weighted by molar-refractivity contribution is 0.628. The molecule has 1 saturated heterocycles. The Morgan fingerprint density at radius 1 is 1.53 bits per heavy atom. The van der Waals surface area contributed by atoms with Crippen LogP contribution in [0.3, 0.4) is 0 Å². The van der Waals surface area contributed by atoms with E-state index in [1.807, 2.05) is 6.07 Å². The molecule has 0 spiro atoms. The van der Waals surface area contributed by atoms with Crippen molar-refractivity contribution in [2.45, 2.75) is 45.2 Å². The van der Waals surface area contributed by atoms with Crippen LogP contribution in [-0.2, 0) is 0 Å². The third-order valence-corrected chi connectivity index (χ3v) is 3.35. The SMILES string of the molecule is CCC1CCC(C)N1c1cccnc1N. The molecule has 0 aliphatic carbocycles. The molecule has 1 aliphatic rings. The highest BCUT2D eigenvalue weighted by Gasteiger charge is 2.30. The molecule has 82 valence electrons. The first-order valence-electron chi connectivity index (χ1n) is 5.73. The van der Waals surface area contributed by atoms with Gasteiger partial charge in [0.25, 0.3) is 0 Å². The van der Waals surface area contributed by atoms with E-state index in [2.05, 4.69) is 29.8 Å². The van der Waals surface area contributed by atoms with Gasteiger partial charge in [0.15, 0.2) is 0 Å². The van der Waals surface area contributed by atoms with E-state index in [1.165, 1.54) is 19.3 Å². The Morgan fingerprint density at radius 2 is 2.33 bits per heavy atom. The molecule has 3 heteroatoms. The van der Waals surface area contributed by atoms with Crippen LogP contribution in [0.2, 0.25) is 0 Å². The topological polar surface area (TPSA) is 42.2 Å². The van der Waals surface area contributed by atoms with Gasteiger partial charge in [-0.15, -0.1) is 0 Å². The summed E-state index contributed by atoms with van der Waals surface area (Å²) in [5, 5.41) is 0.